The van der Waals surface area contributed by atoms with Crippen molar-refractivity contribution in [2.45, 2.75) is 45.3 Å². The van der Waals surface area contributed by atoms with Gasteiger partial charge in [-0.2, -0.15) is 0 Å². The molecule has 1 aromatic rings. The molecule has 0 aliphatic carbocycles. The summed E-state index contributed by atoms with van der Waals surface area (Å²) in [5, 5.41) is 3.27. The highest BCUT2D eigenvalue weighted by atomic mass is 16.2. The smallest absolute Gasteiger partial charge is 0.240 e. The topological polar surface area (TPSA) is 45.2 Å². The first-order chi connectivity index (χ1) is 8.68. The maximum atomic E-state index is 12.4. The lowest BCUT2D eigenvalue weighted by molar-refractivity contribution is -0.135. The van der Waals surface area contributed by atoms with E-state index in [1.807, 2.05) is 23.1 Å². The molecule has 0 bridgehead atoms. The number of carbonyl (C=O) groups is 1. The van der Waals surface area contributed by atoms with Gasteiger partial charge in [0.2, 0.25) is 5.91 Å². The molecule has 0 spiro atoms. The van der Waals surface area contributed by atoms with E-state index in [2.05, 4.69) is 24.1 Å². The fourth-order valence-corrected chi connectivity index (χ4v) is 2.28. The number of rotatable bonds is 4. The maximum Gasteiger partial charge on any atom is 0.240 e. The molecule has 1 aliphatic rings. The van der Waals surface area contributed by atoms with Crippen molar-refractivity contribution < 1.29 is 4.79 Å². The molecule has 1 fully saturated rings. The molecular formula is C14H21N3O. The molecule has 0 radical (unpaired) electrons. The van der Waals surface area contributed by atoms with Crippen LogP contribution in [0.1, 0.15) is 32.4 Å². The van der Waals surface area contributed by atoms with Crippen molar-refractivity contribution >= 4 is 5.91 Å². The highest BCUT2D eigenvalue weighted by Crippen LogP contribution is 2.13. The van der Waals surface area contributed by atoms with E-state index < -0.39 is 0 Å². The number of hydrogen-bond donors (Lipinski definition) is 1. The minimum Gasteiger partial charge on any atom is -0.333 e. The van der Waals surface area contributed by atoms with Crippen LogP contribution in [0.2, 0.25) is 0 Å². The predicted molar refractivity (Wildman–Crippen MR) is 70.9 cm³/mol. The van der Waals surface area contributed by atoms with Gasteiger partial charge in [0.1, 0.15) is 0 Å². The van der Waals surface area contributed by atoms with Crippen LogP contribution in [0.5, 0.6) is 0 Å². The van der Waals surface area contributed by atoms with Gasteiger partial charge in [-0.1, -0.05) is 6.07 Å². The largest absolute Gasteiger partial charge is 0.333 e. The van der Waals surface area contributed by atoms with Crippen LogP contribution in [-0.4, -0.2) is 34.4 Å². The lowest BCUT2D eigenvalue weighted by Crippen LogP contribution is -2.46. The van der Waals surface area contributed by atoms with Gasteiger partial charge < -0.3 is 10.2 Å². The van der Waals surface area contributed by atoms with Crippen LogP contribution in [-0.2, 0) is 11.3 Å². The molecule has 1 aromatic heterocycles. The molecule has 0 saturated carbocycles. The van der Waals surface area contributed by atoms with Crippen LogP contribution in [0.3, 0.4) is 0 Å². The summed E-state index contributed by atoms with van der Waals surface area (Å²) in [5.74, 6) is 0.202. The van der Waals surface area contributed by atoms with E-state index >= 15 is 0 Å². The van der Waals surface area contributed by atoms with E-state index in [0.717, 1.165) is 25.1 Å². The number of nitrogens with zero attached hydrogens (tertiary/aromatic N) is 2. The zero-order valence-corrected chi connectivity index (χ0v) is 11.1. The van der Waals surface area contributed by atoms with Gasteiger partial charge in [0, 0.05) is 12.2 Å². The zero-order valence-electron chi connectivity index (χ0n) is 11.1. The van der Waals surface area contributed by atoms with Crippen LogP contribution < -0.4 is 5.32 Å². The molecule has 1 saturated heterocycles. The molecule has 0 unspecified atom stereocenters. The lowest BCUT2D eigenvalue weighted by atomic mass is 10.1. The Labute approximate surface area is 108 Å². The van der Waals surface area contributed by atoms with E-state index in [4.69, 9.17) is 0 Å². The second-order valence-electron chi connectivity index (χ2n) is 5.03. The molecule has 18 heavy (non-hydrogen) atoms. The van der Waals surface area contributed by atoms with Crippen LogP contribution in [0.25, 0.3) is 0 Å². The summed E-state index contributed by atoms with van der Waals surface area (Å²) in [6.45, 7) is 5.65. The van der Waals surface area contributed by atoms with Crippen LogP contribution in [0, 0.1) is 0 Å². The van der Waals surface area contributed by atoms with Crippen molar-refractivity contribution in [3.63, 3.8) is 0 Å². The number of amides is 1. The molecule has 4 heteroatoms. The van der Waals surface area contributed by atoms with Crippen molar-refractivity contribution in [2.75, 3.05) is 6.54 Å². The Kier molecular flexibility index (Phi) is 4.31. The van der Waals surface area contributed by atoms with Gasteiger partial charge in [-0.3, -0.25) is 9.78 Å². The van der Waals surface area contributed by atoms with Crippen LogP contribution in [0.4, 0.5) is 0 Å². The molecule has 0 aromatic carbocycles. The molecule has 4 nitrogen and oxygen atoms in total. The molecule has 1 aliphatic heterocycles. The summed E-state index contributed by atoms with van der Waals surface area (Å²) in [6.07, 6.45) is 3.81. The molecule has 1 atom stereocenters. The Balaban J connectivity index is 2.06. The predicted octanol–water partition coefficient (Wildman–Crippen LogP) is 1.57. The first kappa shape index (κ1) is 13.0. The maximum absolute atomic E-state index is 12.4. The van der Waals surface area contributed by atoms with Gasteiger partial charge >= 0.3 is 0 Å². The third-order valence-corrected chi connectivity index (χ3v) is 3.32. The van der Waals surface area contributed by atoms with Gasteiger partial charge in [-0.05, 0) is 45.4 Å². The fraction of sp³-hybridized carbons (Fsp3) is 0.571. The Bertz CT molecular complexity index is 385. The fourth-order valence-electron chi connectivity index (χ4n) is 2.28. The highest BCUT2D eigenvalue weighted by molar-refractivity contribution is 5.82. The van der Waals surface area contributed by atoms with E-state index in [0.29, 0.717) is 6.54 Å². The zero-order chi connectivity index (χ0) is 13.0. The third kappa shape index (κ3) is 3.07. The van der Waals surface area contributed by atoms with Gasteiger partial charge in [0.05, 0.1) is 18.3 Å². The molecule has 98 valence electrons. The third-order valence-electron chi connectivity index (χ3n) is 3.32. The van der Waals surface area contributed by atoms with Gasteiger partial charge in [0.25, 0.3) is 0 Å². The number of hydrogen-bond acceptors (Lipinski definition) is 3. The van der Waals surface area contributed by atoms with Crippen molar-refractivity contribution in [1.82, 2.24) is 15.2 Å². The van der Waals surface area contributed by atoms with E-state index in [1.54, 1.807) is 6.20 Å². The standard InChI is InChI=1S/C14H21N3O/c1-11(2)17(10-12-6-3-4-8-15-12)14(18)13-7-5-9-16-13/h3-4,6,8,11,13,16H,5,7,9-10H2,1-2H3/t13-/m1/s1. The minimum absolute atomic E-state index is 0.00360. The number of nitrogens with one attached hydrogen (secondary N) is 1. The van der Waals surface area contributed by atoms with Crippen LogP contribution >= 0.6 is 0 Å². The minimum atomic E-state index is -0.00360. The Hall–Kier alpha value is -1.42. The monoisotopic (exact) mass is 247 g/mol. The first-order valence-electron chi connectivity index (χ1n) is 6.62. The molecule has 1 N–H and O–H groups in total. The Morgan fingerprint density at radius 1 is 1.56 bits per heavy atom. The number of carbonyl (C=O) groups excluding carboxylic acids is 1. The SMILES string of the molecule is CC(C)N(Cc1ccccn1)C(=O)[C@H]1CCCN1. The van der Waals surface area contributed by atoms with Gasteiger partial charge in [-0.15, -0.1) is 0 Å². The summed E-state index contributed by atoms with van der Waals surface area (Å²) in [6, 6.07) is 6.01. The number of pyridine rings is 1. The van der Waals surface area contributed by atoms with Crippen molar-refractivity contribution in [1.29, 1.82) is 0 Å². The average molecular weight is 247 g/mol. The summed E-state index contributed by atoms with van der Waals surface area (Å²) in [4.78, 5) is 18.6. The van der Waals surface area contributed by atoms with E-state index in [-0.39, 0.29) is 18.0 Å². The number of aromatic nitrogens is 1. The van der Waals surface area contributed by atoms with Gasteiger partial charge in [0.15, 0.2) is 0 Å². The molecular weight excluding hydrogens is 226 g/mol. The molecule has 2 rings (SSSR count). The quantitative estimate of drug-likeness (QED) is 0.878. The molecule has 2 heterocycles. The van der Waals surface area contributed by atoms with Crippen molar-refractivity contribution in [2.24, 2.45) is 0 Å². The average Bonchev–Trinajstić information content (AvgIpc) is 2.90. The first-order valence-corrected chi connectivity index (χ1v) is 6.62. The van der Waals surface area contributed by atoms with Crippen molar-refractivity contribution in [3.05, 3.63) is 30.1 Å². The van der Waals surface area contributed by atoms with E-state index in [1.165, 1.54) is 0 Å². The summed E-state index contributed by atoms with van der Waals surface area (Å²) in [5.41, 5.74) is 0.942. The lowest BCUT2D eigenvalue weighted by Gasteiger charge is -2.29. The summed E-state index contributed by atoms with van der Waals surface area (Å²) < 4.78 is 0. The Morgan fingerprint density at radius 2 is 2.39 bits per heavy atom. The normalized spacial score (nSPS) is 19.2. The Morgan fingerprint density at radius 3 is 2.94 bits per heavy atom. The second kappa shape index (κ2) is 5.96. The molecule has 1 amide bonds. The summed E-state index contributed by atoms with van der Waals surface area (Å²) in [7, 11) is 0. The van der Waals surface area contributed by atoms with Crippen LogP contribution in [0.15, 0.2) is 24.4 Å². The van der Waals surface area contributed by atoms with Gasteiger partial charge in [-0.25, -0.2) is 0 Å². The van der Waals surface area contributed by atoms with Crippen molar-refractivity contribution in [3.8, 4) is 0 Å². The highest BCUT2D eigenvalue weighted by Gasteiger charge is 2.28. The summed E-state index contributed by atoms with van der Waals surface area (Å²) >= 11 is 0. The van der Waals surface area contributed by atoms with E-state index in [9.17, 15) is 4.79 Å². The second-order valence-corrected chi connectivity index (χ2v) is 5.03.